The Morgan fingerprint density at radius 3 is 3.18 bits per heavy atom. The molecule has 1 aliphatic heterocycles. The minimum Gasteiger partial charge on any atom is -0.362 e. The van der Waals surface area contributed by atoms with Crippen LogP contribution in [0.5, 0.6) is 0 Å². The van der Waals surface area contributed by atoms with Crippen LogP contribution in [0.25, 0.3) is 0 Å². The Morgan fingerprint density at radius 1 is 1.64 bits per heavy atom. The molecule has 1 N–H and O–H groups in total. The molecule has 0 saturated carbocycles. The van der Waals surface area contributed by atoms with Gasteiger partial charge in [0.1, 0.15) is 0 Å². The van der Waals surface area contributed by atoms with E-state index in [1.165, 1.54) is 5.69 Å². The second kappa shape index (κ2) is 2.12. The van der Waals surface area contributed by atoms with Crippen molar-refractivity contribution in [2.75, 3.05) is 17.3 Å². The third kappa shape index (κ3) is 0.843. The molecule has 3 nitrogen and oxygen atoms in total. The van der Waals surface area contributed by atoms with Gasteiger partial charge in [-0.2, -0.15) is 0 Å². The van der Waals surface area contributed by atoms with E-state index in [0.29, 0.717) is 6.17 Å². The Bertz CT molecular complexity index is 272. The molecule has 1 aromatic rings. The molecule has 0 fully saturated rings. The normalized spacial score (nSPS) is 21.3. The number of hydrogen-bond donors (Lipinski definition) is 1. The zero-order valence-electron chi connectivity index (χ0n) is 6.70. The van der Waals surface area contributed by atoms with Crippen LogP contribution in [0.3, 0.4) is 0 Å². The van der Waals surface area contributed by atoms with Gasteiger partial charge in [-0.3, -0.25) is 4.98 Å². The maximum atomic E-state index is 4.04. The summed E-state index contributed by atoms with van der Waals surface area (Å²) in [6, 6.07) is 2.02. The minimum absolute atomic E-state index is 0.384. The molecule has 3 heteroatoms. The second-order valence-electron chi connectivity index (χ2n) is 2.82. The highest BCUT2D eigenvalue weighted by molar-refractivity contribution is 5.74. The summed E-state index contributed by atoms with van der Waals surface area (Å²) >= 11 is 0. The predicted molar refractivity (Wildman–Crippen MR) is 45.7 cm³/mol. The summed E-state index contributed by atoms with van der Waals surface area (Å²) in [6.45, 7) is 2.12. The van der Waals surface area contributed by atoms with Gasteiger partial charge in [-0.15, -0.1) is 0 Å². The highest BCUT2D eigenvalue weighted by Crippen LogP contribution is 2.31. The van der Waals surface area contributed by atoms with Crippen molar-refractivity contribution in [3.63, 3.8) is 0 Å². The molecule has 0 aromatic carbocycles. The van der Waals surface area contributed by atoms with Gasteiger partial charge in [-0.25, -0.2) is 0 Å². The van der Waals surface area contributed by atoms with Crippen LogP contribution in [0.4, 0.5) is 11.4 Å². The Kier molecular flexibility index (Phi) is 1.24. The summed E-state index contributed by atoms with van der Waals surface area (Å²) < 4.78 is 0. The number of hydrogen-bond acceptors (Lipinski definition) is 3. The number of rotatable bonds is 0. The number of anilines is 2. The van der Waals surface area contributed by atoms with Crippen molar-refractivity contribution >= 4 is 11.4 Å². The van der Waals surface area contributed by atoms with Gasteiger partial charge in [0, 0.05) is 13.2 Å². The second-order valence-corrected chi connectivity index (χ2v) is 2.82. The highest BCUT2D eigenvalue weighted by atomic mass is 15.3. The molecular weight excluding hydrogens is 138 g/mol. The monoisotopic (exact) mass is 149 g/mol. The standard InChI is InChI=1S/C8H11N3/c1-6-10-7-5-9-4-3-8(7)11(6)2/h3-6,10H,1-2H3/t6-/m0/s1. The number of nitrogens with zero attached hydrogens (tertiary/aromatic N) is 2. The lowest BCUT2D eigenvalue weighted by Gasteiger charge is -2.16. The Balaban J connectivity index is 2.47. The third-order valence-electron chi connectivity index (χ3n) is 2.12. The summed E-state index contributed by atoms with van der Waals surface area (Å²) in [7, 11) is 2.07. The van der Waals surface area contributed by atoms with Crippen molar-refractivity contribution in [2.24, 2.45) is 0 Å². The highest BCUT2D eigenvalue weighted by Gasteiger charge is 2.20. The van der Waals surface area contributed by atoms with Crippen LogP contribution in [0.1, 0.15) is 6.92 Å². The van der Waals surface area contributed by atoms with Crippen LogP contribution >= 0.6 is 0 Å². The molecule has 2 heterocycles. The summed E-state index contributed by atoms with van der Waals surface area (Å²) in [5.41, 5.74) is 2.36. The number of nitrogens with one attached hydrogen (secondary N) is 1. The molecule has 0 bridgehead atoms. The third-order valence-corrected chi connectivity index (χ3v) is 2.12. The first kappa shape index (κ1) is 6.46. The fourth-order valence-electron chi connectivity index (χ4n) is 1.34. The molecule has 2 rings (SSSR count). The van der Waals surface area contributed by atoms with Gasteiger partial charge >= 0.3 is 0 Å². The molecule has 1 aromatic heterocycles. The van der Waals surface area contributed by atoms with Crippen molar-refractivity contribution in [1.29, 1.82) is 0 Å². The SMILES string of the molecule is C[C@H]1Nc2cnccc2N1C. The molecule has 0 radical (unpaired) electrons. The Hall–Kier alpha value is -1.25. The van der Waals surface area contributed by atoms with Gasteiger partial charge in [0.05, 0.1) is 23.7 Å². The molecular formula is C8H11N3. The maximum absolute atomic E-state index is 4.04. The van der Waals surface area contributed by atoms with Crippen molar-refractivity contribution in [2.45, 2.75) is 13.1 Å². The molecule has 1 atom stereocenters. The fraction of sp³-hybridized carbons (Fsp3) is 0.375. The van der Waals surface area contributed by atoms with E-state index in [1.54, 1.807) is 0 Å². The summed E-state index contributed by atoms with van der Waals surface area (Å²) in [4.78, 5) is 6.23. The zero-order valence-corrected chi connectivity index (χ0v) is 6.70. The van der Waals surface area contributed by atoms with Gasteiger partial charge in [-0.1, -0.05) is 0 Å². The van der Waals surface area contributed by atoms with Crippen molar-refractivity contribution < 1.29 is 0 Å². The van der Waals surface area contributed by atoms with E-state index >= 15 is 0 Å². The van der Waals surface area contributed by atoms with Crippen LogP contribution in [0.15, 0.2) is 18.5 Å². The van der Waals surface area contributed by atoms with E-state index in [9.17, 15) is 0 Å². The maximum Gasteiger partial charge on any atom is 0.0959 e. The molecule has 58 valence electrons. The molecule has 1 aliphatic rings. The fourth-order valence-corrected chi connectivity index (χ4v) is 1.34. The summed E-state index contributed by atoms with van der Waals surface area (Å²) in [6.07, 6.45) is 4.05. The quantitative estimate of drug-likeness (QED) is 0.602. The van der Waals surface area contributed by atoms with Gasteiger partial charge in [-0.05, 0) is 13.0 Å². The lowest BCUT2D eigenvalue weighted by Crippen LogP contribution is -2.28. The predicted octanol–water partition coefficient (Wildman–Crippen LogP) is 1.29. The van der Waals surface area contributed by atoms with Crippen molar-refractivity contribution in [3.8, 4) is 0 Å². The lowest BCUT2D eigenvalue weighted by atomic mass is 10.3. The summed E-state index contributed by atoms with van der Waals surface area (Å²) in [5, 5.41) is 3.31. The molecule has 0 unspecified atom stereocenters. The van der Waals surface area contributed by atoms with E-state index < -0.39 is 0 Å². The summed E-state index contributed by atoms with van der Waals surface area (Å²) in [5.74, 6) is 0. The molecule has 0 amide bonds. The van der Waals surface area contributed by atoms with Crippen LogP contribution in [0.2, 0.25) is 0 Å². The molecule has 11 heavy (non-hydrogen) atoms. The van der Waals surface area contributed by atoms with E-state index in [-0.39, 0.29) is 0 Å². The minimum atomic E-state index is 0.384. The van der Waals surface area contributed by atoms with Gasteiger partial charge in [0.25, 0.3) is 0 Å². The Labute approximate surface area is 66.0 Å². The van der Waals surface area contributed by atoms with E-state index in [2.05, 4.69) is 29.2 Å². The first-order chi connectivity index (χ1) is 5.29. The zero-order chi connectivity index (χ0) is 7.84. The first-order valence-corrected chi connectivity index (χ1v) is 3.72. The van der Waals surface area contributed by atoms with Crippen LogP contribution < -0.4 is 10.2 Å². The van der Waals surface area contributed by atoms with Crippen molar-refractivity contribution in [3.05, 3.63) is 18.5 Å². The average Bonchev–Trinajstić information content (AvgIpc) is 2.30. The largest absolute Gasteiger partial charge is 0.362 e. The van der Waals surface area contributed by atoms with Crippen LogP contribution in [0, 0.1) is 0 Å². The van der Waals surface area contributed by atoms with Gasteiger partial charge in [0.2, 0.25) is 0 Å². The molecule has 0 saturated heterocycles. The number of pyridine rings is 1. The van der Waals surface area contributed by atoms with E-state index in [4.69, 9.17) is 0 Å². The number of aromatic nitrogens is 1. The average molecular weight is 149 g/mol. The topological polar surface area (TPSA) is 28.2 Å². The van der Waals surface area contributed by atoms with Crippen LogP contribution in [-0.2, 0) is 0 Å². The first-order valence-electron chi connectivity index (χ1n) is 3.72. The van der Waals surface area contributed by atoms with Gasteiger partial charge in [0.15, 0.2) is 0 Å². The Morgan fingerprint density at radius 2 is 2.45 bits per heavy atom. The van der Waals surface area contributed by atoms with E-state index in [0.717, 1.165) is 5.69 Å². The molecule has 0 spiro atoms. The van der Waals surface area contributed by atoms with Crippen molar-refractivity contribution in [1.82, 2.24) is 4.98 Å². The lowest BCUT2D eigenvalue weighted by molar-refractivity contribution is 0.806. The molecule has 0 aliphatic carbocycles. The van der Waals surface area contributed by atoms with E-state index in [1.807, 2.05) is 18.5 Å². The smallest absolute Gasteiger partial charge is 0.0959 e. The van der Waals surface area contributed by atoms with Crippen LogP contribution in [-0.4, -0.2) is 18.2 Å². The van der Waals surface area contributed by atoms with Gasteiger partial charge < -0.3 is 10.2 Å². The number of fused-ring (bicyclic) bond motifs is 1.